The molecule has 2 aliphatic heterocycles. The number of nitrogens with zero attached hydrogens (tertiary/aromatic N) is 3. The summed E-state index contributed by atoms with van der Waals surface area (Å²) in [5, 5.41) is 0. The highest BCUT2D eigenvalue weighted by Gasteiger charge is 2.24. The van der Waals surface area contributed by atoms with E-state index >= 15 is 0 Å². The van der Waals surface area contributed by atoms with Crippen LogP contribution in [0.4, 0.5) is 0 Å². The summed E-state index contributed by atoms with van der Waals surface area (Å²) >= 11 is 0. The number of rotatable bonds is 1. The molecule has 0 spiro atoms. The van der Waals surface area contributed by atoms with Crippen molar-refractivity contribution in [3.05, 3.63) is 0 Å². The summed E-state index contributed by atoms with van der Waals surface area (Å²) in [6.07, 6.45) is 2.36. The predicted molar refractivity (Wildman–Crippen MR) is 55.4 cm³/mol. The van der Waals surface area contributed by atoms with E-state index in [9.17, 15) is 0 Å². The Morgan fingerprint density at radius 2 is 2.08 bits per heavy atom. The van der Waals surface area contributed by atoms with Gasteiger partial charge in [-0.15, -0.1) is 0 Å². The van der Waals surface area contributed by atoms with E-state index in [4.69, 9.17) is 0 Å². The van der Waals surface area contributed by atoms with Crippen molar-refractivity contribution in [3.8, 4) is 0 Å². The molecule has 0 N–H and O–H groups in total. The summed E-state index contributed by atoms with van der Waals surface area (Å²) < 4.78 is 0. The van der Waals surface area contributed by atoms with Crippen LogP contribution >= 0.6 is 0 Å². The second kappa shape index (κ2) is 3.48. The third-order valence-electron chi connectivity index (χ3n) is 2.55. The molecule has 0 aromatic heterocycles. The highest BCUT2D eigenvalue weighted by molar-refractivity contribution is 6.03. The Morgan fingerprint density at radius 3 is 2.69 bits per heavy atom. The largest absolute Gasteiger partial charge is 0.317 e. The minimum absolute atomic E-state index is 0.533. The van der Waals surface area contributed by atoms with Gasteiger partial charge in [-0.3, -0.25) is 9.98 Å². The van der Waals surface area contributed by atoms with Crippen LogP contribution in [0.5, 0.6) is 0 Å². The van der Waals surface area contributed by atoms with Crippen molar-refractivity contribution < 1.29 is 0 Å². The van der Waals surface area contributed by atoms with E-state index in [0.29, 0.717) is 5.92 Å². The van der Waals surface area contributed by atoms with E-state index in [-0.39, 0.29) is 0 Å². The normalized spacial score (nSPS) is 22.5. The maximum Gasteiger partial charge on any atom is 0.107 e. The van der Waals surface area contributed by atoms with Gasteiger partial charge in [-0.05, 0) is 6.42 Å². The first kappa shape index (κ1) is 8.73. The fourth-order valence-electron chi connectivity index (χ4n) is 1.96. The predicted octanol–water partition coefficient (Wildman–Crippen LogP) is 1.55. The van der Waals surface area contributed by atoms with Crippen LogP contribution in [-0.4, -0.2) is 36.2 Å². The summed E-state index contributed by atoms with van der Waals surface area (Å²) in [5.74, 6) is 3.04. The molecule has 0 bridgehead atoms. The average molecular weight is 179 g/mol. The minimum atomic E-state index is 0.533. The number of hydrogen-bond acceptors (Lipinski definition) is 3. The summed E-state index contributed by atoms with van der Waals surface area (Å²) in [5.41, 5.74) is 0. The Labute approximate surface area is 79.6 Å². The van der Waals surface area contributed by atoms with Gasteiger partial charge in [0, 0.05) is 25.4 Å². The lowest BCUT2D eigenvalue weighted by molar-refractivity contribution is 0.617. The Kier molecular flexibility index (Phi) is 2.34. The third kappa shape index (κ3) is 1.60. The molecule has 0 radical (unpaired) electrons. The van der Waals surface area contributed by atoms with Crippen LogP contribution in [-0.2, 0) is 0 Å². The molecule has 0 atom stereocenters. The van der Waals surface area contributed by atoms with Gasteiger partial charge < -0.3 is 4.90 Å². The van der Waals surface area contributed by atoms with Gasteiger partial charge in [-0.1, -0.05) is 13.8 Å². The van der Waals surface area contributed by atoms with Gasteiger partial charge in [0.2, 0.25) is 0 Å². The Balaban J connectivity index is 2.11. The van der Waals surface area contributed by atoms with Gasteiger partial charge in [-0.25, -0.2) is 0 Å². The van der Waals surface area contributed by atoms with Gasteiger partial charge >= 0.3 is 0 Å². The summed E-state index contributed by atoms with van der Waals surface area (Å²) in [4.78, 5) is 11.4. The molecule has 0 amide bonds. The van der Waals surface area contributed by atoms with Gasteiger partial charge in [0.15, 0.2) is 0 Å². The molecule has 3 heteroatoms. The molecule has 0 fully saturated rings. The molecule has 3 nitrogen and oxygen atoms in total. The maximum atomic E-state index is 4.52. The van der Waals surface area contributed by atoms with Crippen LogP contribution in [0, 0.1) is 5.92 Å². The average Bonchev–Trinajstić information content (AvgIpc) is 2.74. The van der Waals surface area contributed by atoms with Crippen LogP contribution in [0.1, 0.15) is 26.7 Å². The zero-order valence-electron chi connectivity index (χ0n) is 8.45. The molecular weight excluding hydrogens is 162 g/mol. The van der Waals surface area contributed by atoms with Gasteiger partial charge in [0.1, 0.15) is 11.7 Å². The van der Waals surface area contributed by atoms with Crippen molar-refractivity contribution in [2.45, 2.75) is 26.7 Å². The van der Waals surface area contributed by atoms with Crippen molar-refractivity contribution in [2.75, 3.05) is 19.6 Å². The first-order chi connectivity index (χ1) is 6.29. The van der Waals surface area contributed by atoms with Crippen molar-refractivity contribution >= 4 is 11.7 Å². The zero-order chi connectivity index (χ0) is 9.26. The summed E-state index contributed by atoms with van der Waals surface area (Å²) in [6.45, 7) is 7.41. The molecule has 2 aliphatic rings. The highest BCUT2D eigenvalue weighted by atomic mass is 15.3. The van der Waals surface area contributed by atoms with Crippen molar-refractivity contribution in [2.24, 2.45) is 15.9 Å². The van der Waals surface area contributed by atoms with E-state index in [1.54, 1.807) is 0 Å². The van der Waals surface area contributed by atoms with Gasteiger partial charge in [-0.2, -0.15) is 0 Å². The Hall–Kier alpha value is -0.860. The molecule has 72 valence electrons. The first-order valence-corrected chi connectivity index (χ1v) is 5.14. The molecular formula is C10H17N3. The fraction of sp³-hybridized carbons (Fsp3) is 0.800. The molecule has 13 heavy (non-hydrogen) atoms. The van der Waals surface area contributed by atoms with E-state index in [1.807, 2.05) is 0 Å². The number of aliphatic imine (C=N–C) groups is 2. The van der Waals surface area contributed by atoms with E-state index in [1.165, 1.54) is 18.1 Å². The fourth-order valence-corrected chi connectivity index (χ4v) is 1.96. The van der Waals surface area contributed by atoms with E-state index in [0.717, 1.165) is 26.1 Å². The zero-order valence-corrected chi connectivity index (χ0v) is 8.45. The summed E-state index contributed by atoms with van der Waals surface area (Å²) in [7, 11) is 0. The molecule has 2 heterocycles. The van der Waals surface area contributed by atoms with Crippen molar-refractivity contribution in [3.63, 3.8) is 0 Å². The smallest absolute Gasteiger partial charge is 0.107 e. The first-order valence-electron chi connectivity index (χ1n) is 5.14. The maximum absolute atomic E-state index is 4.52. The van der Waals surface area contributed by atoms with Crippen LogP contribution in [0.2, 0.25) is 0 Å². The van der Waals surface area contributed by atoms with Crippen LogP contribution in [0.15, 0.2) is 9.98 Å². The van der Waals surface area contributed by atoms with Crippen molar-refractivity contribution in [1.82, 2.24) is 4.90 Å². The molecule has 0 aromatic carbocycles. The van der Waals surface area contributed by atoms with Gasteiger partial charge in [0.05, 0.1) is 6.54 Å². The van der Waals surface area contributed by atoms with Crippen LogP contribution in [0.25, 0.3) is 0 Å². The molecule has 0 saturated heterocycles. The van der Waals surface area contributed by atoms with Gasteiger partial charge in [0.25, 0.3) is 0 Å². The lowest BCUT2D eigenvalue weighted by Crippen LogP contribution is -2.35. The SMILES string of the molecule is CC(C)C1=NCCN1C1=NCCC1. The van der Waals surface area contributed by atoms with Crippen LogP contribution in [0.3, 0.4) is 0 Å². The monoisotopic (exact) mass is 179 g/mol. The van der Waals surface area contributed by atoms with E-state index in [2.05, 4.69) is 28.7 Å². The third-order valence-corrected chi connectivity index (χ3v) is 2.55. The van der Waals surface area contributed by atoms with E-state index < -0.39 is 0 Å². The standard InChI is InChI=1S/C10H17N3/c1-8(2)10-12-6-7-13(10)9-4-3-5-11-9/h8H,3-7H2,1-2H3. The lowest BCUT2D eigenvalue weighted by Gasteiger charge is -2.22. The topological polar surface area (TPSA) is 28.0 Å². The Bertz CT molecular complexity index is 253. The second-order valence-electron chi connectivity index (χ2n) is 3.95. The van der Waals surface area contributed by atoms with Crippen LogP contribution < -0.4 is 0 Å². The highest BCUT2D eigenvalue weighted by Crippen LogP contribution is 2.16. The van der Waals surface area contributed by atoms with Crippen molar-refractivity contribution in [1.29, 1.82) is 0 Å². The molecule has 0 unspecified atom stereocenters. The molecule has 0 saturated carbocycles. The minimum Gasteiger partial charge on any atom is -0.317 e. The summed E-state index contributed by atoms with van der Waals surface area (Å²) in [6, 6.07) is 0. The quantitative estimate of drug-likeness (QED) is 0.600. The lowest BCUT2D eigenvalue weighted by atomic mass is 10.2. The number of hydrogen-bond donors (Lipinski definition) is 0. The second-order valence-corrected chi connectivity index (χ2v) is 3.95. The molecule has 2 rings (SSSR count). The number of amidine groups is 2. The molecule has 0 aromatic rings. The Morgan fingerprint density at radius 1 is 1.23 bits per heavy atom. The molecule has 0 aliphatic carbocycles.